The molecule has 0 aromatic rings. The van der Waals surface area contributed by atoms with Crippen LogP contribution in [-0.4, -0.2) is 55.7 Å². The molecule has 2 aliphatic rings. The highest BCUT2D eigenvalue weighted by Crippen LogP contribution is 2.18. The van der Waals surface area contributed by atoms with Crippen molar-refractivity contribution in [2.75, 3.05) is 32.8 Å². The molecule has 3 atom stereocenters. The number of carbonyl (C=O) groups excluding carboxylic acids is 1. The molecule has 0 bridgehead atoms. The van der Waals surface area contributed by atoms with Crippen molar-refractivity contribution in [3.63, 3.8) is 0 Å². The Morgan fingerprint density at radius 2 is 2.32 bits per heavy atom. The number of likely N-dealkylation sites (tertiary alicyclic amines) is 1. The van der Waals surface area contributed by atoms with E-state index in [9.17, 15) is 4.79 Å². The van der Waals surface area contributed by atoms with Gasteiger partial charge in [0, 0.05) is 25.7 Å². The maximum Gasteiger partial charge on any atom is 0.234 e. The highest BCUT2D eigenvalue weighted by Gasteiger charge is 2.24. The number of hydrogen-bond acceptors (Lipinski definition) is 4. The predicted molar refractivity (Wildman–Crippen MR) is 74.8 cm³/mol. The molecule has 0 radical (unpaired) electrons. The molecule has 0 aliphatic carbocycles. The van der Waals surface area contributed by atoms with E-state index in [4.69, 9.17) is 10.5 Å². The zero-order valence-corrected chi connectivity index (χ0v) is 11.9. The number of nitrogens with zero attached hydrogens (tertiary/aromatic N) is 1. The second-order valence-electron chi connectivity index (χ2n) is 5.94. The number of nitrogens with two attached hydrogens (primary N) is 1. The minimum Gasteiger partial charge on any atom is -0.376 e. The number of hydrogen-bond donors (Lipinski definition) is 2. The summed E-state index contributed by atoms with van der Waals surface area (Å²) in [5.41, 5.74) is 5.96. The summed E-state index contributed by atoms with van der Waals surface area (Å²) in [5.74, 6) is 0.639. The van der Waals surface area contributed by atoms with Crippen molar-refractivity contribution in [3.8, 4) is 0 Å². The second-order valence-corrected chi connectivity index (χ2v) is 5.94. The summed E-state index contributed by atoms with van der Waals surface area (Å²) < 4.78 is 5.50. The number of rotatable bonds is 5. The van der Waals surface area contributed by atoms with E-state index in [2.05, 4.69) is 17.1 Å². The third-order valence-electron chi connectivity index (χ3n) is 4.20. The maximum atomic E-state index is 11.9. The standard InChI is InChI=1S/C14H27N3O2/c1-11(15)12-4-2-6-17(9-12)10-14(18)16-8-13-5-3-7-19-13/h11-13H,2-10,15H2,1H3,(H,16,18). The lowest BCUT2D eigenvalue weighted by molar-refractivity contribution is -0.123. The monoisotopic (exact) mass is 269 g/mol. The van der Waals surface area contributed by atoms with Crippen LogP contribution >= 0.6 is 0 Å². The van der Waals surface area contributed by atoms with E-state index >= 15 is 0 Å². The molecule has 3 N–H and O–H groups in total. The summed E-state index contributed by atoms with van der Waals surface area (Å²) >= 11 is 0. The Hall–Kier alpha value is -0.650. The summed E-state index contributed by atoms with van der Waals surface area (Å²) in [6.07, 6.45) is 4.73. The van der Waals surface area contributed by atoms with Gasteiger partial charge >= 0.3 is 0 Å². The number of amides is 1. The zero-order chi connectivity index (χ0) is 13.7. The average Bonchev–Trinajstić information content (AvgIpc) is 2.90. The third kappa shape index (κ3) is 4.75. The summed E-state index contributed by atoms with van der Waals surface area (Å²) in [6, 6.07) is 0.220. The molecule has 1 amide bonds. The number of carbonyl (C=O) groups is 1. The van der Waals surface area contributed by atoms with Crippen molar-refractivity contribution in [2.24, 2.45) is 11.7 Å². The van der Waals surface area contributed by atoms with Gasteiger partial charge in [-0.05, 0) is 45.1 Å². The van der Waals surface area contributed by atoms with Crippen molar-refractivity contribution < 1.29 is 9.53 Å². The topological polar surface area (TPSA) is 67.6 Å². The molecular weight excluding hydrogens is 242 g/mol. The van der Waals surface area contributed by atoms with Gasteiger partial charge in [0.1, 0.15) is 0 Å². The van der Waals surface area contributed by atoms with Crippen LogP contribution in [0.4, 0.5) is 0 Å². The first-order chi connectivity index (χ1) is 9.15. The Kier molecular flexibility index (Phi) is 5.60. The van der Waals surface area contributed by atoms with Gasteiger partial charge in [0.25, 0.3) is 0 Å². The van der Waals surface area contributed by atoms with Crippen LogP contribution in [0, 0.1) is 5.92 Å². The highest BCUT2D eigenvalue weighted by atomic mass is 16.5. The first-order valence-electron chi connectivity index (χ1n) is 7.51. The molecule has 2 saturated heterocycles. The fraction of sp³-hybridized carbons (Fsp3) is 0.929. The van der Waals surface area contributed by atoms with Gasteiger partial charge in [-0.3, -0.25) is 9.69 Å². The quantitative estimate of drug-likeness (QED) is 0.755. The largest absolute Gasteiger partial charge is 0.376 e. The number of nitrogens with one attached hydrogen (secondary N) is 1. The highest BCUT2D eigenvalue weighted by molar-refractivity contribution is 5.78. The van der Waals surface area contributed by atoms with Crippen LogP contribution in [0.25, 0.3) is 0 Å². The van der Waals surface area contributed by atoms with Crippen LogP contribution < -0.4 is 11.1 Å². The van der Waals surface area contributed by atoms with Crippen LogP contribution in [0.2, 0.25) is 0 Å². The molecule has 3 unspecified atom stereocenters. The van der Waals surface area contributed by atoms with Gasteiger partial charge in [-0.2, -0.15) is 0 Å². The van der Waals surface area contributed by atoms with Crippen LogP contribution in [0.5, 0.6) is 0 Å². The molecule has 0 spiro atoms. The van der Waals surface area contributed by atoms with Crippen LogP contribution in [0.1, 0.15) is 32.6 Å². The van der Waals surface area contributed by atoms with E-state index in [1.165, 1.54) is 6.42 Å². The molecular formula is C14H27N3O2. The van der Waals surface area contributed by atoms with E-state index in [0.717, 1.165) is 39.0 Å². The fourth-order valence-corrected chi connectivity index (χ4v) is 2.96. The molecule has 5 heteroatoms. The molecule has 2 aliphatic heterocycles. The van der Waals surface area contributed by atoms with Gasteiger partial charge in [0.15, 0.2) is 0 Å². The fourth-order valence-electron chi connectivity index (χ4n) is 2.96. The van der Waals surface area contributed by atoms with Gasteiger partial charge in [-0.25, -0.2) is 0 Å². The molecule has 19 heavy (non-hydrogen) atoms. The summed E-state index contributed by atoms with van der Waals surface area (Å²) in [5, 5.41) is 2.98. The minimum atomic E-state index is 0.112. The molecule has 2 rings (SSSR count). The normalized spacial score (nSPS) is 30.2. The smallest absolute Gasteiger partial charge is 0.234 e. The Labute approximate surface area is 115 Å². The van der Waals surface area contributed by atoms with Gasteiger partial charge in [-0.15, -0.1) is 0 Å². The van der Waals surface area contributed by atoms with Crippen LogP contribution in [0.3, 0.4) is 0 Å². The van der Waals surface area contributed by atoms with Crippen molar-refractivity contribution in [1.29, 1.82) is 0 Å². The van der Waals surface area contributed by atoms with E-state index in [1.54, 1.807) is 0 Å². The van der Waals surface area contributed by atoms with Gasteiger partial charge < -0.3 is 15.8 Å². The lowest BCUT2D eigenvalue weighted by Crippen LogP contribution is -2.47. The minimum absolute atomic E-state index is 0.112. The Morgan fingerprint density at radius 3 is 3.00 bits per heavy atom. The Balaban J connectivity index is 1.66. The van der Waals surface area contributed by atoms with Crippen LogP contribution in [0.15, 0.2) is 0 Å². The van der Waals surface area contributed by atoms with Crippen LogP contribution in [-0.2, 0) is 9.53 Å². The first-order valence-corrected chi connectivity index (χ1v) is 7.51. The molecule has 0 aromatic heterocycles. The molecule has 0 aromatic carbocycles. The maximum absolute atomic E-state index is 11.9. The van der Waals surface area contributed by atoms with E-state index in [0.29, 0.717) is 19.0 Å². The summed E-state index contributed by atoms with van der Waals surface area (Å²) in [4.78, 5) is 14.1. The second kappa shape index (κ2) is 7.22. The Morgan fingerprint density at radius 1 is 1.47 bits per heavy atom. The van der Waals surface area contributed by atoms with E-state index in [1.807, 2.05) is 0 Å². The lowest BCUT2D eigenvalue weighted by atomic mass is 9.92. The van der Waals surface area contributed by atoms with Gasteiger partial charge in [-0.1, -0.05) is 0 Å². The summed E-state index contributed by atoms with van der Waals surface area (Å²) in [6.45, 7) is 6.01. The Bertz CT molecular complexity index is 290. The first kappa shape index (κ1) is 14.8. The lowest BCUT2D eigenvalue weighted by Gasteiger charge is -2.34. The average molecular weight is 269 g/mol. The zero-order valence-electron chi connectivity index (χ0n) is 11.9. The van der Waals surface area contributed by atoms with Crippen molar-refractivity contribution in [1.82, 2.24) is 10.2 Å². The summed E-state index contributed by atoms with van der Waals surface area (Å²) in [7, 11) is 0. The van der Waals surface area contributed by atoms with E-state index < -0.39 is 0 Å². The molecule has 2 heterocycles. The number of ether oxygens (including phenoxy) is 1. The van der Waals surface area contributed by atoms with E-state index in [-0.39, 0.29) is 18.1 Å². The SMILES string of the molecule is CC(N)C1CCCN(CC(=O)NCC2CCCO2)C1. The van der Waals surface area contributed by atoms with Crippen molar-refractivity contribution in [2.45, 2.75) is 44.8 Å². The van der Waals surface area contributed by atoms with Crippen molar-refractivity contribution >= 4 is 5.91 Å². The molecule has 0 saturated carbocycles. The molecule has 110 valence electrons. The number of piperidine rings is 1. The van der Waals surface area contributed by atoms with Crippen molar-refractivity contribution in [3.05, 3.63) is 0 Å². The van der Waals surface area contributed by atoms with Gasteiger partial charge in [0.2, 0.25) is 5.91 Å². The molecule has 5 nitrogen and oxygen atoms in total. The van der Waals surface area contributed by atoms with Gasteiger partial charge in [0.05, 0.1) is 12.6 Å². The molecule has 2 fully saturated rings. The predicted octanol–water partition coefficient (Wildman–Crippen LogP) is 0.341. The third-order valence-corrected chi connectivity index (χ3v) is 4.20.